The number of amides is 3. The summed E-state index contributed by atoms with van der Waals surface area (Å²) in [6.07, 6.45) is 6.55. The van der Waals surface area contributed by atoms with Crippen molar-refractivity contribution in [1.29, 1.82) is 0 Å². The first-order valence-electron chi connectivity index (χ1n) is 24.3. The van der Waals surface area contributed by atoms with Crippen molar-refractivity contribution in [3.8, 4) is 28.1 Å². The number of carbonyl (C=O) groups excluding carboxylic acids is 4. The smallest absolute Gasteiger partial charge is 0.324 e. The number of benzene rings is 3. The molecule has 2 aliphatic heterocycles. The van der Waals surface area contributed by atoms with Crippen LogP contribution in [0.2, 0.25) is 0 Å². The van der Waals surface area contributed by atoms with Gasteiger partial charge in [-0.3, -0.25) is 29.2 Å². The lowest BCUT2D eigenvalue weighted by Gasteiger charge is -2.36. The van der Waals surface area contributed by atoms with Crippen molar-refractivity contribution >= 4 is 40.6 Å². The van der Waals surface area contributed by atoms with E-state index in [4.69, 9.17) is 9.47 Å². The molecule has 2 aromatic heterocycles. The van der Waals surface area contributed by atoms with Gasteiger partial charge in [0, 0.05) is 67.3 Å². The maximum absolute atomic E-state index is 14.7. The number of methoxy groups -OCH3 is 1. The summed E-state index contributed by atoms with van der Waals surface area (Å²) in [6, 6.07) is 22.5. The number of aryl methyl sites for hydroxylation is 3. The Morgan fingerprint density at radius 3 is 2.58 bits per heavy atom. The number of cyclic esters (lactones) is 1. The van der Waals surface area contributed by atoms with Crippen LogP contribution < -0.4 is 15.5 Å². The van der Waals surface area contributed by atoms with E-state index in [1.54, 1.807) is 14.2 Å². The molecule has 4 heterocycles. The molecule has 3 atom stereocenters. The number of esters is 1. The molecule has 0 unspecified atom stereocenters. The van der Waals surface area contributed by atoms with Gasteiger partial charge in [0.2, 0.25) is 11.8 Å². The van der Waals surface area contributed by atoms with Crippen molar-refractivity contribution in [3.05, 3.63) is 107 Å². The number of rotatable bonds is 13. The van der Waals surface area contributed by atoms with Gasteiger partial charge in [0.15, 0.2) is 0 Å². The number of ether oxygens (including phenoxy) is 2. The van der Waals surface area contributed by atoms with Gasteiger partial charge in [0.05, 0.1) is 38.5 Å². The van der Waals surface area contributed by atoms with Gasteiger partial charge < -0.3 is 24.3 Å². The highest BCUT2D eigenvalue weighted by Gasteiger charge is 2.37. The fourth-order valence-electron chi connectivity index (χ4n) is 9.74. The summed E-state index contributed by atoms with van der Waals surface area (Å²) < 4.78 is 13.8. The predicted molar refractivity (Wildman–Crippen MR) is 270 cm³/mol. The average molecular weight is 937 g/mol. The third kappa shape index (κ3) is 11.6. The van der Waals surface area contributed by atoms with E-state index in [9.17, 15) is 19.2 Å². The number of hydrazine groups is 1. The molecule has 2 N–H and O–H groups in total. The lowest BCUT2D eigenvalue weighted by Crippen LogP contribution is -2.62. The number of hydrogen-bond acceptors (Lipinski definition) is 10. The Labute approximate surface area is 406 Å². The Balaban J connectivity index is 1.18. The van der Waals surface area contributed by atoms with Crippen LogP contribution >= 0.6 is 0 Å². The normalized spacial score (nSPS) is 17.6. The van der Waals surface area contributed by atoms with Gasteiger partial charge in [-0.05, 0) is 115 Å². The van der Waals surface area contributed by atoms with E-state index in [-0.39, 0.29) is 43.7 Å². The molecule has 5 aromatic rings. The molecule has 14 heteroatoms. The third-order valence-corrected chi connectivity index (χ3v) is 13.4. The predicted octanol–water partition coefficient (Wildman–Crippen LogP) is 8.17. The molecule has 0 radical (unpaired) electrons. The van der Waals surface area contributed by atoms with Crippen molar-refractivity contribution < 1.29 is 28.7 Å². The largest absolute Gasteiger partial charge is 0.497 e. The first kappa shape index (κ1) is 50.3. The Morgan fingerprint density at radius 1 is 1.04 bits per heavy atom. The number of likely N-dealkylation sites (N-methyl/N-ethyl adjacent to an activating group) is 1. The number of pyridine rings is 1. The maximum atomic E-state index is 14.7. The zero-order chi connectivity index (χ0) is 49.4. The first-order chi connectivity index (χ1) is 33.1. The second kappa shape index (κ2) is 22.2. The van der Waals surface area contributed by atoms with Crippen LogP contribution in [0.3, 0.4) is 0 Å². The molecule has 0 aliphatic carbocycles. The van der Waals surface area contributed by atoms with E-state index >= 15 is 0 Å². The summed E-state index contributed by atoms with van der Waals surface area (Å²) in [5.74, 6) is -1.07. The SMILES string of the molecule is CCc1ccncc1-c1c2c3cc(ccc3n1CC)-c1cccc(c1)C[C@H](NC(=O)[C@H](C(C)C)N(C)C(=O)CCN=C=NCc1ccc(OC)cc1C)C(=O)N1CCC[C@H](N1)C(=O)OCC(C)(C)C2. The van der Waals surface area contributed by atoms with E-state index in [1.165, 1.54) is 21.0 Å². The summed E-state index contributed by atoms with van der Waals surface area (Å²) in [7, 11) is 3.23. The van der Waals surface area contributed by atoms with Crippen molar-refractivity contribution in [2.75, 3.05) is 33.9 Å². The first-order valence-corrected chi connectivity index (χ1v) is 24.3. The van der Waals surface area contributed by atoms with Crippen molar-refractivity contribution in [2.45, 2.75) is 118 Å². The highest BCUT2D eigenvalue weighted by molar-refractivity contribution is 5.96. The Morgan fingerprint density at radius 2 is 1.84 bits per heavy atom. The molecule has 1 fully saturated rings. The monoisotopic (exact) mass is 937 g/mol. The lowest BCUT2D eigenvalue weighted by molar-refractivity contribution is -0.155. The molecule has 3 aromatic carbocycles. The zero-order valence-corrected chi connectivity index (χ0v) is 41.7. The minimum absolute atomic E-state index is 0.0413. The second-order valence-electron chi connectivity index (χ2n) is 19.5. The number of aromatic nitrogens is 2. The minimum Gasteiger partial charge on any atom is -0.497 e. The van der Waals surface area contributed by atoms with Crippen LogP contribution in [0, 0.1) is 18.3 Å². The number of nitrogens with zero attached hydrogens (tertiary/aromatic N) is 6. The molecular formula is C55H68N8O6. The van der Waals surface area contributed by atoms with E-state index in [1.807, 2.05) is 63.5 Å². The topological polar surface area (TPSA) is 160 Å². The molecule has 0 saturated carbocycles. The Kier molecular flexibility index (Phi) is 16.2. The van der Waals surface area contributed by atoms with E-state index < -0.39 is 35.4 Å². The summed E-state index contributed by atoms with van der Waals surface area (Å²) in [6.45, 7) is 16.1. The molecule has 3 amide bonds. The number of fused-ring (bicyclic) bond motifs is 6. The molecular weight excluding hydrogens is 869 g/mol. The van der Waals surface area contributed by atoms with Gasteiger partial charge in [-0.15, -0.1) is 0 Å². The van der Waals surface area contributed by atoms with E-state index in [0.717, 1.165) is 68.7 Å². The summed E-state index contributed by atoms with van der Waals surface area (Å²) in [5, 5.41) is 5.63. The van der Waals surface area contributed by atoms with Crippen LogP contribution in [-0.4, -0.2) is 101 Å². The van der Waals surface area contributed by atoms with Gasteiger partial charge in [-0.25, -0.2) is 15.4 Å². The molecule has 364 valence electrons. The van der Waals surface area contributed by atoms with Gasteiger partial charge >= 0.3 is 5.97 Å². The van der Waals surface area contributed by atoms with Gasteiger partial charge in [-0.2, -0.15) is 0 Å². The molecule has 2 aliphatic rings. The Hall–Kier alpha value is -6.63. The standard InChI is InChI=1S/C55H68N8O6/c1-10-38-21-23-56-32-45(38)51-44-30-55(6,7)33-69-54(67)46-16-13-25-63(60-46)53(66)47(28-37-14-12-15-39(27-37)40-18-20-48(43(44)29-40)62(51)11-2)59-52(65)50(35(3)4)61(8)49(64)22-24-57-34-58-31-41-17-19-42(68-9)26-36(41)5/h12,14-15,17-21,23,26-27,29,32,35,46-47,50,60H,10-11,13,16,22,24-25,28,30-31,33H2,1-9H3,(H,59,65)/t46-,47-,50-/m0/s1. The third-order valence-electron chi connectivity index (χ3n) is 13.4. The Bertz CT molecular complexity index is 2750. The minimum atomic E-state index is -1.03. The summed E-state index contributed by atoms with van der Waals surface area (Å²) in [4.78, 5) is 71.2. The highest BCUT2D eigenvalue weighted by atomic mass is 16.5. The number of nitrogens with one attached hydrogen (secondary N) is 2. The van der Waals surface area contributed by atoms with Crippen LogP contribution in [0.25, 0.3) is 33.3 Å². The van der Waals surface area contributed by atoms with Crippen LogP contribution in [0.5, 0.6) is 5.75 Å². The van der Waals surface area contributed by atoms with Crippen LogP contribution in [0.15, 0.2) is 89.1 Å². The summed E-state index contributed by atoms with van der Waals surface area (Å²) in [5.41, 5.74) is 13.3. The van der Waals surface area contributed by atoms with Crippen molar-refractivity contribution in [3.63, 3.8) is 0 Å². The number of hydrogen-bond donors (Lipinski definition) is 2. The molecule has 1 saturated heterocycles. The second-order valence-corrected chi connectivity index (χ2v) is 19.5. The number of aliphatic imine (C=N–C) groups is 2. The van der Waals surface area contributed by atoms with E-state index in [2.05, 4.69) is 100 Å². The molecule has 69 heavy (non-hydrogen) atoms. The number of carbonyl (C=O) groups is 4. The lowest BCUT2D eigenvalue weighted by atomic mass is 9.84. The van der Waals surface area contributed by atoms with Crippen molar-refractivity contribution in [2.24, 2.45) is 21.3 Å². The van der Waals surface area contributed by atoms with Gasteiger partial charge in [0.25, 0.3) is 5.91 Å². The highest BCUT2D eigenvalue weighted by Crippen LogP contribution is 2.41. The van der Waals surface area contributed by atoms with Crippen LogP contribution in [-0.2, 0) is 56.3 Å². The van der Waals surface area contributed by atoms with E-state index in [0.29, 0.717) is 32.4 Å². The summed E-state index contributed by atoms with van der Waals surface area (Å²) >= 11 is 0. The van der Waals surface area contributed by atoms with Gasteiger partial charge in [0.1, 0.15) is 23.9 Å². The molecule has 7 rings (SSSR count). The molecule has 14 nitrogen and oxygen atoms in total. The van der Waals surface area contributed by atoms with Gasteiger partial charge in [-0.1, -0.05) is 71.0 Å². The fraction of sp³-hybridized carbons (Fsp3) is 0.455. The average Bonchev–Trinajstić information content (AvgIpc) is 3.64. The van der Waals surface area contributed by atoms with Crippen LogP contribution in [0.4, 0.5) is 0 Å². The quantitative estimate of drug-likeness (QED) is 0.0884. The zero-order valence-electron chi connectivity index (χ0n) is 41.7. The maximum Gasteiger partial charge on any atom is 0.324 e. The molecule has 6 bridgehead atoms. The molecule has 0 spiro atoms. The fourth-order valence-corrected chi connectivity index (χ4v) is 9.74. The van der Waals surface area contributed by atoms with Crippen molar-refractivity contribution in [1.82, 2.24) is 30.2 Å². The van der Waals surface area contributed by atoms with Crippen LogP contribution in [0.1, 0.15) is 88.6 Å².